The van der Waals surface area contributed by atoms with Crippen molar-refractivity contribution in [3.05, 3.63) is 18.0 Å². The Morgan fingerprint density at radius 2 is 2.05 bits per heavy atom. The monoisotopic (exact) mass is 279 g/mol. The molecular weight excluding hydrogens is 258 g/mol. The fourth-order valence-electron chi connectivity index (χ4n) is 2.33. The van der Waals surface area contributed by atoms with Gasteiger partial charge in [-0.05, 0) is 19.8 Å². The molecule has 3 N–H and O–H groups in total. The predicted octanol–water partition coefficient (Wildman–Crippen LogP) is -0.453. The summed E-state index contributed by atoms with van der Waals surface area (Å²) in [5, 5.41) is 6.65. The van der Waals surface area contributed by atoms with Crippen molar-refractivity contribution < 1.29 is 9.59 Å². The van der Waals surface area contributed by atoms with Crippen molar-refractivity contribution in [3.63, 3.8) is 0 Å². The zero-order valence-electron chi connectivity index (χ0n) is 11.9. The van der Waals surface area contributed by atoms with E-state index in [9.17, 15) is 9.59 Å². The molecule has 1 saturated heterocycles. The van der Waals surface area contributed by atoms with Crippen molar-refractivity contribution in [1.82, 2.24) is 20.0 Å². The standard InChI is InChI=1S/C13H21N5O2/c1-9(13(20)18-5-3-4-6-18)16-12(19)11(14)10-7-15-17(2)8-10/h7-9,11H,3-6,14H2,1-2H3,(H,16,19). The molecule has 110 valence electrons. The molecule has 2 rings (SSSR count). The Kier molecular flexibility index (Phi) is 4.39. The molecule has 0 bridgehead atoms. The van der Waals surface area contributed by atoms with E-state index >= 15 is 0 Å². The number of likely N-dealkylation sites (tertiary alicyclic amines) is 1. The second-order valence-corrected chi connectivity index (χ2v) is 5.19. The zero-order valence-corrected chi connectivity index (χ0v) is 11.9. The molecule has 0 aromatic carbocycles. The molecule has 2 atom stereocenters. The molecule has 2 amide bonds. The van der Waals surface area contributed by atoms with Crippen molar-refractivity contribution >= 4 is 11.8 Å². The lowest BCUT2D eigenvalue weighted by Crippen LogP contribution is -2.48. The van der Waals surface area contributed by atoms with Crippen LogP contribution in [0.3, 0.4) is 0 Å². The number of nitrogens with one attached hydrogen (secondary N) is 1. The van der Waals surface area contributed by atoms with Crippen LogP contribution in [0, 0.1) is 0 Å². The lowest BCUT2D eigenvalue weighted by molar-refractivity contribution is -0.135. The molecule has 0 saturated carbocycles. The first-order valence-corrected chi connectivity index (χ1v) is 6.82. The van der Waals surface area contributed by atoms with Gasteiger partial charge >= 0.3 is 0 Å². The van der Waals surface area contributed by atoms with Gasteiger partial charge in [0.1, 0.15) is 12.1 Å². The molecule has 0 radical (unpaired) electrons. The van der Waals surface area contributed by atoms with Crippen LogP contribution in [0.15, 0.2) is 12.4 Å². The largest absolute Gasteiger partial charge is 0.343 e. The Morgan fingerprint density at radius 3 is 2.60 bits per heavy atom. The quantitative estimate of drug-likeness (QED) is 0.780. The summed E-state index contributed by atoms with van der Waals surface area (Å²) >= 11 is 0. The van der Waals surface area contributed by atoms with Crippen LogP contribution in [0.2, 0.25) is 0 Å². The molecule has 20 heavy (non-hydrogen) atoms. The van der Waals surface area contributed by atoms with Crippen LogP contribution in [-0.4, -0.2) is 45.6 Å². The number of aromatic nitrogens is 2. The van der Waals surface area contributed by atoms with E-state index in [2.05, 4.69) is 10.4 Å². The number of hydrogen-bond donors (Lipinski definition) is 2. The Labute approximate surface area is 118 Å². The maximum Gasteiger partial charge on any atom is 0.244 e. The van der Waals surface area contributed by atoms with Gasteiger partial charge in [-0.25, -0.2) is 0 Å². The van der Waals surface area contributed by atoms with E-state index in [0.717, 1.165) is 25.9 Å². The van der Waals surface area contributed by atoms with Gasteiger partial charge in [0.15, 0.2) is 0 Å². The van der Waals surface area contributed by atoms with Crippen molar-refractivity contribution in [1.29, 1.82) is 0 Å². The highest BCUT2D eigenvalue weighted by molar-refractivity contribution is 5.90. The SMILES string of the molecule is CC(NC(=O)C(N)c1cnn(C)c1)C(=O)N1CCCC1. The molecule has 1 aromatic rings. The number of amides is 2. The third-order valence-electron chi connectivity index (χ3n) is 3.51. The number of nitrogens with zero attached hydrogens (tertiary/aromatic N) is 3. The highest BCUT2D eigenvalue weighted by Crippen LogP contribution is 2.11. The Bertz CT molecular complexity index is 493. The van der Waals surface area contributed by atoms with Crippen molar-refractivity contribution in [3.8, 4) is 0 Å². The smallest absolute Gasteiger partial charge is 0.244 e. The predicted molar refractivity (Wildman–Crippen MR) is 73.6 cm³/mol. The molecule has 1 aliphatic heterocycles. The van der Waals surface area contributed by atoms with Crippen molar-refractivity contribution in [2.24, 2.45) is 12.8 Å². The van der Waals surface area contributed by atoms with Crippen LogP contribution in [-0.2, 0) is 16.6 Å². The van der Waals surface area contributed by atoms with E-state index in [4.69, 9.17) is 5.73 Å². The topological polar surface area (TPSA) is 93.2 Å². The summed E-state index contributed by atoms with van der Waals surface area (Å²) in [5.41, 5.74) is 6.49. The van der Waals surface area contributed by atoms with Crippen LogP contribution in [0.5, 0.6) is 0 Å². The van der Waals surface area contributed by atoms with Crippen LogP contribution < -0.4 is 11.1 Å². The van der Waals surface area contributed by atoms with Gasteiger partial charge in [-0.3, -0.25) is 14.3 Å². The Hall–Kier alpha value is -1.89. The number of hydrogen-bond acceptors (Lipinski definition) is 4. The molecule has 7 heteroatoms. The number of carbonyl (C=O) groups excluding carboxylic acids is 2. The lowest BCUT2D eigenvalue weighted by atomic mass is 10.1. The van der Waals surface area contributed by atoms with Gasteiger partial charge in [0, 0.05) is 31.9 Å². The van der Waals surface area contributed by atoms with E-state index < -0.39 is 12.1 Å². The van der Waals surface area contributed by atoms with Crippen molar-refractivity contribution in [2.75, 3.05) is 13.1 Å². The minimum Gasteiger partial charge on any atom is -0.343 e. The second kappa shape index (κ2) is 6.04. The molecule has 0 spiro atoms. The molecular formula is C13H21N5O2. The van der Waals surface area contributed by atoms with E-state index in [0.29, 0.717) is 5.56 Å². The molecule has 2 unspecified atom stereocenters. The van der Waals surface area contributed by atoms with Crippen molar-refractivity contribution in [2.45, 2.75) is 31.8 Å². The summed E-state index contributed by atoms with van der Waals surface area (Å²) in [6.07, 6.45) is 5.30. The zero-order chi connectivity index (χ0) is 14.7. The normalized spacial score (nSPS) is 17.9. The van der Waals surface area contributed by atoms with E-state index in [-0.39, 0.29) is 11.8 Å². The minimum atomic E-state index is -0.808. The minimum absolute atomic E-state index is 0.0470. The Balaban J connectivity index is 1.91. The van der Waals surface area contributed by atoms with Gasteiger partial charge in [-0.2, -0.15) is 5.10 Å². The summed E-state index contributed by atoms with van der Waals surface area (Å²) in [6.45, 7) is 3.23. The van der Waals surface area contributed by atoms with Crippen LogP contribution in [0.25, 0.3) is 0 Å². The number of nitrogens with two attached hydrogens (primary N) is 1. The third-order valence-corrected chi connectivity index (χ3v) is 3.51. The van der Waals surface area contributed by atoms with Crippen LogP contribution in [0.1, 0.15) is 31.4 Å². The fourth-order valence-corrected chi connectivity index (χ4v) is 2.33. The summed E-state index contributed by atoms with van der Waals surface area (Å²) in [7, 11) is 1.76. The summed E-state index contributed by atoms with van der Waals surface area (Å²) in [5.74, 6) is -0.410. The summed E-state index contributed by atoms with van der Waals surface area (Å²) < 4.78 is 1.58. The number of carbonyl (C=O) groups is 2. The highest BCUT2D eigenvalue weighted by atomic mass is 16.2. The first-order chi connectivity index (χ1) is 9.49. The molecule has 1 aliphatic rings. The maximum atomic E-state index is 12.1. The van der Waals surface area contributed by atoms with Gasteiger partial charge in [0.2, 0.25) is 11.8 Å². The van der Waals surface area contributed by atoms with E-state index in [1.54, 1.807) is 35.9 Å². The summed E-state index contributed by atoms with van der Waals surface area (Å²) in [6, 6.07) is -1.36. The fraction of sp³-hybridized carbons (Fsp3) is 0.615. The Morgan fingerprint density at radius 1 is 1.40 bits per heavy atom. The number of rotatable bonds is 4. The average Bonchev–Trinajstić information content (AvgIpc) is 3.07. The maximum absolute atomic E-state index is 12.1. The molecule has 7 nitrogen and oxygen atoms in total. The molecule has 1 aromatic heterocycles. The third kappa shape index (κ3) is 3.16. The van der Waals surface area contributed by atoms with Gasteiger partial charge in [0.25, 0.3) is 0 Å². The lowest BCUT2D eigenvalue weighted by Gasteiger charge is -2.22. The van der Waals surface area contributed by atoms with Gasteiger partial charge in [0.05, 0.1) is 6.20 Å². The molecule has 2 heterocycles. The second-order valence-electron chi connectivity index (χ2n) is 5.19. The molecule has 0 aliphatic carbocycles. The summed E-state index contributed by atoms with van der Waals surface area (Å²) in [4.78, 5) is 25.9. The highest BCUT2D eigenvalue weighted by Gasteiger charge is 2.26. The first kappa shape index (κ1) is 14.5. The first-order valence-electron chi connectivity index (χ1n) is 6.82. The van der Waals surface area contributed by atoms with Gasteiger partial charge in [-0.15, -0.1) is 0 Å². The number of aryl methyl sites for hydroxylation is 1. The average molecular weight is 279 g/mol. The van der Waals surface area contributed by atoms with E-state index in [1.165, 1.54) is 0 Å². The molecule has 1 fully saturated rings. The van der Waals surface area contributed by atoms with Gasteiger partial charge < -0.3 is 16.0 Å². The van der Waals surface area contributed by atoms with Gasteiger partial charge in [-0.1, -0.05) is 0 Å². The van der Waals surface area contributed by atoms with Crippen LogP contribution >= 0.6 is 0 Å². The van der Waals surface area contributed by atoms with E-state index in [1.807, 2.05) is 0 Å². The van der Waals surface area contributed by atoms with Crippen LogP contribution in [0.4, 0.5) is 0 Å².